The Labute approximate surface area is 107 Å². The fourth-order valence-corrected chi connectivity index (χ4v) is 1.73. The summed E-state index contributed by atoms with van der Waals surface area (Å²) >= 11 is 6.12. The fraction of sp³-hybridized carbons (Fsp3) is 0.462. The lowest BCUT2D eigenvalue weighted by atomic mass is 10.3. The zero-order chi connectivity index (χ0) is 12.3. The van der Waals surface area contributed by atoms with E-state index in [0.29, 0.717) is 17.6 Å². The summed E-state index contributed by atoms with van der Waals surface area (Å²) in [4.78, 5) is 6.45. The standard InChI is InChI=1S/C13H16ClN3/c1-3-8-17(2)13-7-6-11(14)12(16-13)9-15-10-4-5-10/h1,6-7,10,15H,4-5,8-9H2,2H3. The number of anilines is 1. The number of rotatable bonds is 5. The van der Waals surface area contributed by atoms with E-state index in [2.05, 4.69) is 16.2 Å². The summed E-state index contributed by atoms with van der Waals surface area (Å²) in [6.45, 7) is 1.27. The average Bonchev–Trinajstić information content (AvgIpc) is 3.12. The molecule has 1 N–H and O–H groups in total. The molecule has 2 rings (SSSR count). The van der Waals surface area contributed by atoms with E-state index in [1.807, 2.05) is 24.1 Å². The summed E-state index contributed by atoms with van der Waals surface area (Å²) in [5.41, 5.74) is 0.889. The Hall–Kier alpha value is -1.24. The largest absolute Gasteiger partial charge is 0.349 e. The van der Waals surface area contributed by atoms with Gasteiger partial charge in [0.2, 0.25) is 0 Å². The molecule has 0 unspecified atom stereocenters. The topological polar surface area (TPSA) is 28.2 Å². The molecule has 0 radical (unpaired) electrons. The smallest absolute Gasteiger partial charge is 0.129 e. The van der Waals surface area contributed by atoms with Gasteiger partial charge in [-0.25, -0.2) is 4.98 Å². The van der Waals surface area contributed by atoms with Crippen molar-refractivity contribution < 1.29 is 0 Å². The summed E-state index contributed by atoms with van der Waals surface area (Å²) in [5.74, 6) is 3.46. The summed E-state index contributed by atoms with van der Waals surface area (Å²) in [6, 6.07) is 4.42. The number of pyridine rings is 1. The third-order valence-electron chi connectivity index (χ3n) is 2.76. The van der Waals surface area contributed by atoms with Crippen molar-refractivity contribution in [3.63, 3.8) is 0 Å². The van der Waals surface area contributed by atoms with Crippen molar-refractivity contribution in [3.05, 3.63) is 22.8 Å². The van der Waals surface area contributed by atoms with Gasteiger partial charge >= 0.3 is 0 Å². The van der Waals surface area contributed by atoms with Crippen LogP contribution in [0.3, 0.4) is 0 Å². The lowest BCUT2D eigenvalue weighted by Crippen LogP contribution is -2.21. The van der Waals surface area contributed by atoms with Gasteiger partial charge in [-0.15, -0.1) is 6.42 Å². The molecule has 0 aliphatic heterocycles. The van der Waals surface area contributed by atoms with E-state index in [1.54, 1.807) is 0 Å². The van der Waals surface area contributed by atoms with Gasteiger partial charge < -0.3 is 10.2 Å². The van der Waals surface area contributed by atoms with Gasteiger partial charge in [0.25, 0.3) is 0 Å². The van der Waals surface area contributed by atoms with Gasteiger partial charge in [0.15, 0.2) is 0 Å². The number of nitrogens with one attached hydrogen (secondary N) is 1. The Balaban J connectivity index is 2.07. The van der Waals surface area contributed by atoms with Crippen LogP contribution < -0.4 is 10.2 Å². The highest BCUT2D eigenvalue weighted by Crippen LogP contribution is 2.22. The Morgan fingerprint density at radius 1 is 1.59 bits per heavy atom. The molecule has 0 spiro atoms. The van der Waals surface area contributed by atoms with Crippen LogP contribution in [0.2, 0.25) is 5.02 Å². The second-order valence-electron chi connectivity index (χ2n) is 4.31. The maximum Gasteiger partial charge on any atom is 0.129 e. The summed E-state index contributed by atoms with van der Waals surface area (Å²) in [6.07, 6.45) is 7.80. The molecule has 17 heavy (non-hydrogen) atoms. The van der Waals surface area contributed by atoms with E-state index in [-0.39, 0.29) is 0 Å². The minimum absolute atomic E-state index is 0.546. The molecular weight excluding hydrogens is 234 g/mol. The molecule has 1 aromatic heterocycles. The minimum atomic E-state index is 0.546. The Morgan fingerprint density at radius 2 is 2.35 bits per heavy atom. The average molecular weight is 250 g/mol. The number of halogens is 1. The van der Waals surface area contributed by atoms with Crippen molar-refractivity contribution in [2.75, 3.05) is 18.5 Å². The molecule has 1 saturated carbocycles. The van der Waals surface area contributed by atoms with E-state index in [0.717, 1.165) is 18.1 Å². The molecule has 0 amide bonds. The maximum atomic E-state index is 6.12. The van der Waals surface area contributed by atoms with E-state index < -0.39 is 0 Å². The van der Waals surface area contributed by atoms with Crippen molar-refractivity contribution in [1.29, 1.82) is 0 Å². The molecule has 0 aromatic carbocycles. The first kappa shape index (κ1) is 12.2. The van der Waals surface area contributed by atoms with Crippen LogP contribution in [-0.2, 0) is 6.54 Å². The molecule has 0 atom stereocenters. The van der Waals surface area contributed by atoms with Gasteiger partial charge in [0.1, 0.15) is 5.82 Å². The lowest BCUT2D eigenvalue weighted by molar-refractivity contribution is 0.674. The third kappa shape index (κ3) is 3.36. The zero-order valence-corrected chi connectivity index (χ0v) is 10.7. The Morgan fingerprint density at radius 3 is 3.00 bits per heavy atom. The Kier molecular flexibility index (Phi) is 3.88. The van der Waals surface area contributed by atoms with E-state index in [9.17, 15) is 0 Å². The Bertz CT molecular complexity index is 435. The monoisotopic (exact) mass is 249 g/mol. The molecule has 0 saturated heterocycles. The number of hydrogen-bond donors (Lipinski definition) is 1. The van der Waals surface area contributed by atoms with Gasteiger partial charge in [-0.05, 0) is 25.0 Å². The van der Waals surface area contributed by atoms with Gasteiger partial charge in [0.05, 0.1) is 17.3 Å². The fourth-order valence-electron chi connectivity index (χ4n) is 1.56. The quantitative estimate of drug-likeness (QED) is 0.810. The highest BCUT2D eigenvalue weighted by molar-refractivity contribution is 6.31. The number of nitrogens with zero attached hydrogens (tertiary/aromatic N) is 2. The van der Waals surface area contributed by atoms with Crippen LogP contribution in [0.25, 0.3) is 0 Å². The highest BCUT2D eigenvalue weighted by Gasteiger charge is 2.20. The summed E-state index contributed by atoms with van der Waals surface area (Å²) in [7, 11) is 1.92. The first-order chi connectivity index (χ1) is 8.20. The van der Waals surface area contributed by atoms with Crippen LogP contribution in [-0.4, -0.2) is 24.6 Å². The van der Waals surface area contributed by atoms with Gasteiger partial charge in [0, 0.05) is 19.6 Å². The second-order valence-corrected chi connectivity index (χ2v) is 4.72. The maximum absolute atomic E-state index is 6.12. The van der Waals surface area contributed by atoms with E-state index >= 15 is 0 Å². The molecule has 1 fully saturated rings. The van der Waals surface area contributed by atoms with Gasteiger partial charge in [-0.1, -0.05) is 17.5 Å². The molecule has 1 aliphatic carbocycles. The predicted octanol–water partition coefficient (Wildman–Crippen LogP) is 2.06. The third-order valence-corrected chi connectivity index (χ3v) is 3.10. The van der Waals surface area contributed by atoms with Crippen LogP contribution in [0.15, 0.2) is 12.1 Å². The van der Waals surface area contributed by atoms with Crippen molar-refractivity contribution in [2.24, 2.45) is 0 Å². The van der Waals surface area contributed by atoms with E-state index in [1.165, 1.54) is 12.8 Å². The number of hydrogen-bond acceptors (Lipinski definition) is 3. The van der Waals surface area contributed by atoms with Crippen LogP contribution >= 0.6 is 11.6 Å². The van der Waals surface area contributed by atoms with Crippen molar-refractivity contribution >= 4 is 17.4 Å². The normalized spacial score (nSPS) is 14.4. The molecular formula is C13H16ClN3. The highest BCUT2D eigenvalue weighted by atomic mass is 35.5. The zero-order valence-electron chi connectivity index (χ0n) is 9.91. The molecule has 4 heteroatoms. The van der Waals surface area contributed by atoms with Crippen LogP contribution in [0.4, 0.5) is 5.82 Å². The van der Waals surface area contributed by atoms with Gasteiger partial charge in [-0.3, -0.25) is 0 Å². The predicted molar refractivity (Wildman–Crippen MR) is 71.2 cm³/mol. The lowest BCUT2D eigenvalue weighted by Gasteiger charge is -2.16. The first-order valence-electron chi connectivity index (χ1n) is 5.74. The van der Waals surface area contributed by atoms with Crippen molar-refractivity contribution in [2.45, 2.75) is 25.4 Å². The summed E-state index contributed by atoms with van der Waals surface area (Å²) in [5, 5.41) is 4.11. The van der Waals surface area contributed by atoms with Crippen LogP contribution in [0.1, 0.15) is 18.5 Å². The molecule has 0 bridgehead atoms. The molecule has 1 aromatic rings. The number of terminal acetylenes is 1. The molecule has 90 valence electrons. The molecule has 3 nitrogen and oxygen atoms in total. The number of aromatic nitrogens is 1. The molecule has 1 aliphatic rings. The first-order valence-corrected chi connectivity index (χ1v) is 6.12. The van der Waals surface area contributed by atoms with E-state index in [4.69, 9.17) is 18.0 Å². The molecule has 1 heterocycles. The van der Waals surface area contributed by atoms with Crippen LogP contribution in [0.5, 0.6) is 0 Å². The SMILES string of the molecule is C#CCN(C)c1ccc(Cl)c(CNC2CC2)n1. The van der Waals surface area contributed by atoms with Gasteiger partial charge in [-0.2, -0.15) is 0 Å². The second kappa shape index (κ2) is 5.39. The van der Waals surface area contributed by atoms with Crippen molar-refractivity contribution in [3.8, 4) is 12.3 Å². The van der Waals surface area contributed by atoms with Crippen LogP contribution in [0, 0.1) is 12.3 Å². The minimum Gasteiger partial charge on any atom is -0.349 e. The van der Waals surface area contributed by atoms with Crippen molar-refractivity contribution in [1.82, 2.24) is 10.3 Å². The summed E-state index contributed by atoms with van der Waals surface area (Å²) < 4.78 is 0.